The van der Waals surface area contributed by atoms with E-state index in [0.29, 0.717) is 10.6 Å². The van der Waals surface area contributed by atoms with Gasteiger partial charge >= 0.3 is 6.18 Å². The third-order valence-electron chi connectivity index (χ3n) is 3.49. The molecule has 0 aromatic heterocycles. The monoisotopic (exact) mass is 291 g/mol. The van der Waals surface area contributed by atoms with Gasteiger partial charge in [-0.15, -0.1) is 0 Å². The highest BCUT2D eigenvalue weighted by Crippen LogP contribution is 2.44. The van der Waals surface area contributed by atoms with Crippen LogP contribution >= 0.6 is 11.6 Å². The molecule has 6 heteroatoms. The van der Waals surface area contributed by atoms with Crippen molar-refractivity contribution in [3.63, 3.8) is 0 Å². The minimum Gasteiger partial charge on any atom is -0.315 e. The fourth-order valence-corrected chi connectivity index (χ4v) is 2.54. The molecule has 0 spiro atoms. The van der Waals surface area contributed by atoms with Gasteiger partial charge in [0.2, 0.25) is 0 Å². The second kappa shape index (κ2) is 5.13. The van der Waals surface area contributed by atoms with Crippen molar-refractivity contribution in [1.29, 1.82) is 0 Å². The molecule has 0 amide bonds. The molecule has 1 fully saturated rings. The molecule has 1 aromatic rings. The molecule has 1 aliphatic heterocycles. The van der Waals surface area contributed by atoms with Crippen molar-refractivity contribution in [3.05, 3.63) is 34.9 Å². The van der Waals surface area contributed by atoms with Gasteiger partial charge in [-0.2, -0.15) is 13.2 Å². The maximum Gasteiger partial charge on any atom is 0.402 e. The van der Waals surface area contributed by atoms with Crippen LogP contribution in [-0.2, 0) is 11.2 Å². The summed E-state index contributed by atoms with van der Waals surface area (Å²) in [6.07, 6.45) is -4.97. The minimum absolute atomic E-state index is 0.199. The van der Waals surface area contributed by atoms with Crippen LogP contribution < -0.4 is 5.32 Å². The van der Waals surface area contributed by atoms with Gasteiger partial charge in [0.15, 0.2) is 5.78 Å². The average molecular weight is 292 g/mol. The van der Waals surface area contributed by atoms with Crippen LogP contribution in [0.25, 0.3) is 0 Å². The Morgan fingerprint density at radius 3 is 2.68 bits per heavy atom. The first-order chi connectivity index (χ1) is 8.85. The largest absolute Gasteiger partial charge is 0.402 e. The highest BCUT2D eigenvalue weighted by molar-refractivity contribution is 6.30. The summed E-state index contributed by atoms with van der Waals surface area (Å²) in [6, 6.07) is 6.37. The summed E-state index contributed by atoms with van der Waals surface area (Å²) < 4.78 is 39.5. The van der Waals surface area contributed by atoms with Crippen LogP contribution in [0.5, 0.6) is 0 Å². The molecule has 0 aliphatic carbocycles. The Kier molecular flexibility index (Phi) is 3.87. The van der Waals surface area contributed by atoms with Gasteiger partial charge < -0.3 is 5.32 Å². The topological polar surface area (TPSA) is 29.1 Å². The molecule has 1 atom stereocenters. The number of carbonyl (C=O) groups excluding carboxylic acids is 1. The van der Waals surface area contributed by atoms with Gasteiger partial charge in [-0.25, -0.2) is 0 Å². The van der Waals surface area contributed by atoms with Crippen LogP contribution in [0.4, 0.5) is 13.2 Å². The van der Waals surface area contributed by atoms with Gasteiger partial charge in [-0.1, -0.05) is 23.7 Å². The molecular formula is C13H13ClF3NO. The number of Topliss-reactive ketones (excluding diaryl/α,β-unsaturated/α-hetero) is 1. The number of benzene rings is 1. The van der Waals surface area contributed by atoms with Crippen LogP contribution in [0.15, 0.2) is 24.3 Å². The van der Waals surface area contributed by atoms with E-state index in [0.717, 1.165) is 0 Å². The lowest BCUT2D eigenvalue weighted by Crippen LogP contribution is -2.47. The third kappa shape index (κ3) is 2.77. The van der Waals surface area contributed by atoms with E-state index in [2.05, 4.69) is 5.32 Å². The van der Waals surface area contributed by atoms with Crippen LogP contribution in [0.2, 0.25) is 5.02 Å². The lowest BCUT2D eigenvalue weighted by molar-refractivity contribution is -0.214. The molecule has 0 bridgehead atoms. The van der Waals surface area contributed by atoms with Crippen LogP contribution in [0, 0.1) is 5.41 Å². The highest BCUT2D eigenvalue weighted by Gasteiger charge is 2.60. The first-order valence-electron chi connectivity index (χ1n) is 5.90. The predicted octanol–water partition coefficient (Wildman–Crippen LogP) is 2.99. The number of nitrogens with one attached hydrogen (secondary N) is 1. The van der Waals surface area contributed by atoms with E-state index >= 15 is 0 Å². The number of hydrogen-bond acceptors (Lipinski definition) is 2. The molecule has 2 nitrogen and oxygen atoms in total. The Hall–Kier alpha value is -1.07. The zero-order valence-electron chi connectivity index (χ0n) is 10.1. The second-order valence-corrected chi connectivity index (χ2v) is 5.17. The van der Waals surface area contributed by atoms with Crippen molar-refractivity contribution in [3.8, 4) is 0 Å². The van der Waals surface area contributed by atoms with Crippen molar-refractivity contribution in [1.82, 2.24) is 5.32 Å². The van der Waals surface area contributed by atoms with Gasteiger partial charge in [0.05, 0.1) is 0 Å². The lowest BCUT2D eigenvalue weighted by atomic mass is 9.79. The summed E-state index contributed by atoms with van der Waals surface area (Å²) in [5.74, 6) is -0.799. The number of ketones is 1. The van der Waals surface area contributed by atoms with Crippen LogP contribution in [0.3, 0.4) is 0 Å². The first kappa shape index (κ1) is 14.3. The Morgan fingerprint density at radius 1 is 1.42 bits per heavy atom. The average Bonchev–Trinajstić information content (AvgIpc) is 2.78. The quantitative estimate of drug-likeness (QED) is 0.927. The number of hydrogen-bond donors (Lipinski definition) is 1. The van der Waals surface area contributed by atoms with E-state index in [1.54, 1.807) is 18.2 Å². The summed E-state index contributed by atoms with van der Waals surface area (Å²) in [7, 11) is 0. The molecular weight excluding hydrogens is 279 g/mol. The Balaban J connectivity index is 2.22. The van der Waals surface area contributed by atoms with E-state index in [9.17, 15) is 18.0 Å². The standard InChI is InChI=1S/C13H13ClF3NO/c14-10-3-1-2-9(6-10)7-11(19)12(13(15,16)17)4-5-18-8-12/h1-3,6,18H,4-5,7-8H2. The summed E-state index contributed by atoms with van der Waals surface area (Å²) >= 11 is 5.77. The summed E-state index contributed by atoms with van der Waals surface area (Å²) in [4.78, 5) is 12.1. The Bertz CT molecular complexity index is 481. The van der Waals surface area contributed by atoms with Gasteiger partial charge in [0.25, 0.3) is 0 Å². The normalized spacial score (nSPS) is 23.6. The number of carbonyl (C=O) groups is 1. The molecule has 1 aromatic carbocycles. The van der Waals surface area contributed by atoms with Crippen LogP contribution in [0.1, 0.15) is 12.0 Å². The summed E-state index contributed by atoms with van der Waals surface area (Å²) in [5, 5.41) is 3.04. The van der Waals surface area contributed by atoms with E-state index in [1.807, 2.05) is 0 Å². The van der Waals surface area contributed by atoms with Crippen molar-refractivity contribution in [2.24, 2.45) is 5.41 Å². The zero-order chi connectivity index (χ0) is 14.1. The Morgan fingerprint density at radius 2 is 2.16 bits per heavy atom. The highest BCUT2D eigenvalue weighted by atomic mass is 35.5. The van der Waals surface area contributed by atoms with Gasteiger partial charge in [-0.05, 0) is 30.7 Å². The SMILES string of the molecule is O=C(Cc1cccc(Cl)c1)C1(C(F)(F)F)CCNC1. The van der Waals surface area contributed by atoms with Crippen molar-refractivity contribution < 1.29 is 18.0 Å². The summed E-state index contributed by atoms with van der Waals surface area (Å²) in [5.41, 5.74) is -1.75. The molecule has 2 rings (SSSR count). The maximum absolute atomic E-state index is 13.2. The molecule has 1 heterocycles. The fraction of sp³-hybridized carbons (Fsp3) is 0.462. The van der Waals surface area contributed by atoms with E-state index in [4.69, 9.17) is 11.6 Å². The molecule has 1 N–H and O–H groups in total. The lowest BCUT2D eigenvalue weighted by Gasteiger charge is -2.29. The summed E-state index contributed by atoms with van der Waals surface area (Å²) in [6.45, 7) is -0.128. The zero-order valence-corrected chi connectivity index (χ0v) is 10.8. The van der Waals surface area contributed by atoms with Gasteiger partial charge in [0.1, 0.15) is 5.41 Å². The smallest absolute Gasteiger partial charge is 0.315 e. The van der Waals surface area contributed by atoms with E-state index < -0.39 is 17.4 Å². The minimum atomic E-state index is -4.52. The van der Waals surface area contributed by atoms with Crippen molar-refractivity contribution in [2.45, 2.75) is 19.0 Å². The Labute approximate surface area is 113 Å². The molecule has 1 saturated heterocycles. The number of rotatable bonds is 3. The van der Waals surface area contributed by atoms with E-state index in [1.165, 1.54) is 6.07 Å². The van der Waals surface area contributed by atoms with E-state index in [-0.39, 0.29) is 25.9 Å². The van der Waals surface area contributed by atoms with Crippen molar-refractivity contribution in [2.75, 3.05) is 13.1 Å². The van der Waals surface area contributed by atoms with Gasteiger partial charge in [0, 0.05) is 18.0 Å². The number of alkyl halides is 3. The third-order valence-corrected chi connectivity index (χ3v) is 3.72. The predicted molar refractivity (Wildman–Crippen MR) is 66.1 cm³/mol. The molecule has 19 heavy (non-hydrogen) atoms. The number of halogens is 4. The fourth-order valence-electron chi connectivity index (χ4n) is 2.33. The van der Waals surface area contributed by atoms with Crippen LogP contribution in [-0.4, -0.2) is 25.0 Å². The molecule has 1 aliphatic rings. The molecule has 0 saturated carbocycles. The maximum atomic E-state index is 13.2. The molecule has 0 radical (unpaired) electrons. The molecule has 1 unspecified atom stereocenters. The molecule has 104 valence electrons. The van der Waals surface area contributed by atoms with Crippen molar-refractivity contribution >= 4 is 17.4 Å². The van der Waals surface area contributed by atoms with Gasteiger partial charge in [-0.3, -0.25) is 4.79 Å². The first-order valence-corrected chi connectivity index (χ1v) is 6.28. The second-order valence-electron chi connectivity index (χ2n) is 4.74.